The zero-order chi connectivity index (χ0) is 18.8. The summed E-state index contributed by atoms with van der Waals surface area (Å²) in [6, 6.07) is 1.68. The van der Waals surface area contributed by atoms with Crippen LogP contribution in [0.25, 0.3) is 0 Å². The van der Waals surface area contributed by atoms with Gasteiger partial charge in [0.05, 0.1) is 6.42 Å². The molecular formula is C19H28N4O3. The molecule has 1 unspecified atom stereocenters. The molecule has 0 spiro atoms. The second-order valence-corrected chi connectivity index (χ2v) is 7.35. The number of nitrogens with one attached hydrogen (secondary N) is 1. The third kappa shape index (κ3) is 3.76. The number of aryl methyl sites for hydroxylation is 1. The van der Waals surface area contributed by atoms with Gasteiger partial charge in [0.2, 0.25) is 17.7 Å². The van der Waals surface area contributed by atoms with Gasteiger partial charge in [-0.1, -0.05) is 0 Å². The number of hydrogen-bond donors (Lipinski definition) is 1. The van der Waals surface area contributed by atoms with E-state index in [0.717, 1.165) is 23.4 Å². The fourth-order valence-electron chi connectivity index (χ4n) is 3.79. The molecule has 2 aliphatic heterocycles. The number of carbonyl (C=O) groups is 3. The molecule has 0 saturated carbocycles. The minimum atomic E-state index is -0.389. The van der Waals surface area contributed by atoms with E-state index in [1.165, 1.54) is 0 Å². The van der Waals surface area contributed by atoms with Crippen molar-refractivity contribution < 1.29 is 14.4 Å². The first-order valence-corrected chi connectivity index (χ1v) is 9.34. The summed E-state index contributed by atoms with van der Waals surface area (Å²) in [5.41, 5.74) is 3.34. The monoisotopic (exact) mass is 360 g/mol. The molecule has 2 fully saturated rings. The zero-order valence-electron chi connectivity index (χ0n) is 15.9. The third-order valence-corrected chi connectivity index (χ3v) is 5.68. The first kappa shape index (κ1) is 18.5. The Balaban J connectivity index is 1.57. The van der Waals surface area contributed by atoms with Gasteiger partial charge in [-0.2, -0.15) is 0 Å². The SMILES string of the molecule is Cc1cc(CC(=O)N2CCCN(C(=O)C3CCC(=O)N3)CC2)c(C)n1C. The highest BCUT2D eigenvalue weighted by atomic mass is 16.2. The summed E-state index contributed by atoms with van der Waals surface area (Å²) < 4.78 is 2.10. The van der Waals surface area contributed by atoms with Gasteiger partial charge in [0, 0.05) is 51.0 Å². The number of aromatic nitrogens is 1. The number of carbonyl (C=O) groups excluding carboxylic acids is 3. The quantitative estimate of drug-likeness (QED) is 0.854. The first-order chi connectivity index (χ1) is 12.4. The molecule has 0 aliphatic carbocycles. The minimum Gasteiger partial charge on any atom is -0.352 e. The van der Waals surface area contributed by atoms with Crippen LogP contribution in [0.3, 0.4) is 0 Å². The van der Waals surface area contributed by atoms with Crippen molar-refractivity contribution in [2.45, 2.75) is 45.6 Å². The van der Waals surface area contributed by atoms with Crippen LogP contribution in [0.1, 0.15) is 36.2 Å². The molecule has 1 aromatic rings. The summed E-state index contributed by atoms with van der Waals surface area (Å²) in [5, 5.41) is 2.74. The van der Waals surface area contributed by atoms with Gasteiger partial charge in [0.1, 0.15) is 6.04 Å². The normalized spacial score (nSPS) is 20.9. The summed E-state index contributed by atoms with van der Waals surface area (Å²) in [5.74, 6) is 0.0466. The summed E-state index contributed by atoms with van der Waals surface area (Å²) in [6.45, 7) is 6.47. The molecule has 7 heteroatoms. The van der Waals surface area contributed by atoms with Crippen LogP contribution in [0, 0.1) is 13.8 Å². The van der Waals surface area contributed by atoms with Gasteiger partial charge in [-0.05, 0) is 38.3 Å². The topological polar surface area (TPSA) is 74.7 Å². The van der Waals surface area contributed by atoms with Crippen LogP contribution in [-0.2, 0) is 27.9 Å². The van der Waals surface area contributed by atoms with Gasteiger partial charge in [0.15, 0.2) is 0 Å². The van der Waals surface area contributed by atoms with Crippen molar-refractivity contribution in [3.63, 3.8) is 0 Å². The predicted octanol–water partition coefficient (Wildman–Crippen LogP) is 0.524. The fourth-order valence-corrected chi connectivity index (χ4v) is 3.79. The Morgan fingerprint density at radius 2 is 1.85 bits per heavy atom. The second kappa shape index (κ2) is 7.51. The number of nitrogens with zero attached hydrogens (tertiary/aromatic N) is 3. The fraction of sp³-hybridized carbons (Fsp3) is 0.632. The maximum Gasteiger partial charge on any atom is 0.245 e. The van der Waals surface area contributed by atoms with E-state index >= 15 is 0 Å². The summed E-state index contributed by atoms with van der Waals surface area (Å²) in [4.78, 5) is 40.3. The number of amides is 3. The molecular weight excluding hydrogens is 332 g/mol. The van der Waals surface area contributed by atoms with Crippen molar-refractivity contribution in [2.75, 3.05) is 26.2 Å². The summed E-state index contributed by atoms with van der Waals surface area (Å²) >= 11 is 0. The molecule has 142 valence electrons. The standard InChI is InChI=1S/C19H28N4O3/c1-13-11-15(14(2)21(13)3)12-18(25)22-7-4-8-23(10-9-22)19(26)16-5-6-17(24)20-16/h11,16H,4-10,12H2,1-3H3,(H,20,24). The lowest BCUT2D eigenvalue weighted by atomic mass is 10.1. The van der Waals surface area contributed by atoms with Gasteiger partial charge in [-0.3, -0.25) is 14.4 Å². The third-order valence-electron chi connectivity index (χ3n) is 5.68. The molecule has 3 amide bonds. The Kier molecular flexibility index (Phi) is 5.34. The van der Waals surface area contributed by atoms with E-state index in [9.17, 15) is 14.4 Å². The molecule has 1 atom stereocenters. The molecule has 0 radical (unpaired) electrons. The Morgan fingerprint density at radius 3 is 2.46 bits per heavy atom. The highest BCUT2D eigenvalue weighted by Crippen LogP contribution is 2.16. The largest absolute Gasteiger partial charge is 0.352 e. The van der Waals surface area contributed by atoms with E-state index in [0.29, 0.717) is 45.4 Å². The molecule has 1 N–H and O–H groups in total. The van der Waals surface area contributed by atoms with Crippen molar-refractivity contribution in [3.05, 3.63) is 23.0 Å². The highest BCUT2D eigenvalue weighted by Gasteiger charge is 2.32. The molecule has 0 aromatic carbocycles. The van der Waals surface area contributed by atoms with E-state index in [-0.39, 0.29) is 23.8 Å². The molecule has 2 saturated heterocycles. The number of hydrogen-bond acceptors (Lipinski definition) is 3. The minimum absolute atomic E-state index is 0.0142. The molecule has 26 heavy (non-hydrogen) atoms. The zero-order valence-corrected chi connectivity index (χ0v) is 15.9. The number of rotatable bonds is 3. The van der Waals surface area contributed by atoms with Crippen molar-refractivity contribution in [2.24, 2.45) is 7.05 Å². The van der Waals surface area contributed by atoms with E-state index in [2.05, 4.69) is 16.0 Å². The molecule has 2 aliphatic rings. The van der Waals surface area contributed by atoms with Crippen molar-refractivity contribution in [1.82, 2.24) is 19.7 Å². The van der Waals surface area contributed by atoms with Gasteiger partial charge in [0.25, 0.3) is 0 Å². The van der Waals surface area contributed by atoms with E-state index < -0.39 is 0 Å². The van der Waals surface area contributed by atoms with Crippen LogP contribution in [0.5, 0.6) is 0 Å². The Morgan fingerprint density at radius 1 is 1.15 bits per heavy atom. The summed E-state index contributed by atoms with van der Waals surface area (Å²) in [7, 11) is 2.01. The van der Waals surface area contributed by atoms with Crippen LogP contribution in [-0.4, -0.2) is 64.3 Å². The van der Waals surface area contributed by atoms with Crippen molar-refractivity contribution in [1.29, 1.82) is 0 Å². The van der Waals surface area contributed by atoms with E-state index in [4.69, 9.17) is 0 Å². The molecule has 3 heterocycles. The molecule has 3 rings (SSSR count). The average Bonchev–Trinajstić information content (AvgIpc) is 3.02. The van der Waals surface area contributed by atoms with Gasteiger partial charge in [-0.25, -0.2) is 0 Å². The molecule has 0 bridgehead atoms. The van der Waals surface area contributed by atoms with Crippen molar-refractivity contribution in [3.8, 4) is 0 Å². The van der Waals surface area contributed by atoms with E-state index in [1.807, 2.05) is 25.8 Å². The van der Waals surface area contributed by atoms with Crippen LogP contribution >= 0.6 is 0 Å². The van der Waals surface area contributed by atoms with Crippen LogP contribution in [0.4, 0.5) is 0 Å². The molecule has 7 nitrogen and oxygen atoms in total. The summed E-state index contributed by atoms with van der Waals surface area (Å²) in [6.07, 6.45) is 2.17. The maximum absolute atomic E-state index is 12.7. The Hall–Kier alpha value is -2.31. The Labute approximate surface area is 154 Å². The molecule has 1 aromatic heterocycles. The van der Waals surface area contributed by atoms with Crippen LogP contribution < -0.4 is 5.32 Å². The highest BCUT2D eigenvalue weighted by molar-refractivity contribution is 5.90. The van der Waals surface area contributed by atoms with E-state index in [1.54, 1.807) is 4.90 Å². The van der Waals surface area contributed by atoms with Gasteiger partial charge >= 0.3 is 0 Å². The van der Waals surface area contributed by atoms with Crippen LogP contribution in [0.15, 0.2) is 6.07 Å². The lowest BCUT2D eigenvalue weighted by Gasteiger charge is -2.24. The first-order valence-electron chi connectivity index (χ1n) is 9.34. The lowest BCUT2D eigenvalue weighted by Crippen LogP contribution is -2.46. The van der Waals surface area contributed by atoms with Gasteiger partial charge < -0.3 is 19.7 Å². The second-order valence-electron chi connectivity index (χ2n) is 7.35. The van der Waals surface area contributed by atoms with Crippen molar-refractivity contribution >= 4 is 17.7 Å². The van der Waals surface area contributed by atoms with Gasteiger partial charge in [-0.15, -0.1) is 0 Å². The lowest BCUT2D eigenvalue weighted by molar-refractivity contribution is -0.135. The smallest absolute Gasteiger partial charge is 0.245 e. The maximum atomic E-state index is 12.7. The Bertz CT molecular complexity index is 725. The van der Waals surface area contributed by atoms with Crippen LogP contribution in [0.2, 0.25) is 0 Å². The predicted molar refractivity (Wildman–Crippen MR) is 97.5 cm³/mol. The average molecular weight is 360 g/mol.